The molecule has 0 rings (SSSR count). The Bertz CT molecular complexity index is 353. The van der Waals surface area contributed by atoms with Crippen LogP contribution in [0.5, 0.6) is 0 Å². The SMILES string of the molecule is CC(=O)OCOC(=O)C(NC(=O)C(O)C(C)C)C(C)C. The van der Waals surface area contributed by atoms with E-state index in [0.717, 1.165) is 0 Å². The lowest BCUT2D eigenvalue weighted by Crippen LogP contribution is -2.50. The molecule has 2 atom stereocenters. The standard InChI is InChI=1S/C13H23NO6/c1-7(2)10(13(18)20-6-19-9(5)15)14-12(17)11(16)8(3)4/h7-8,10-11,16H,6H2,1-5H3,(H,14,17). The number of amides is 1. The van der Waals surface area contributed by atoms with Crippen molar-refractivity contribution in [1.29, 1.82) is 0 Å². The summed E-state index contributed by atoms with van der Waals surface area (Å²) in [5, 5.41) is 12.1. The maximum atomic E-state index is 11.8. The van der Waals surface area contributed by atoms with Gasteiger partial charge in [0.15, 0.2) is 0 Å². The third-order valence-electron chi connectivity index (χ3n) is 2.58. The van der Waals surface area contributed by atoms with Gasteiger partial charge >= 0.3 is 11.9 Å². The lowest BCUT2D eigenvalue weighted by molar-refractivity contribution is -0.169. The van der Waals surface area contributed by atoms with E-state index in [-0.39, 0.29) is 11.8 Å². The predicted molar refractivity (Wildman–Crippen MR) is 70.3 cm³/mol. The van der Waals surface area contributed by atoms with Crippen LogP contribution in [0, 0.1) is 11.8 Å². The molecule has 2 N–H and O–H groups in total. The average Bonchev–Trinajstić information content (AvgIpc) is 2.33. The Kier molecular flexibility index (Phi) is 7.83. The molecule has 0 aromatic rings. The van der Waals surface area contributed by atoms with E-state index in [9.17, 15) is 19.5 Å². The molecule has 0 aromatic heterocycles. The van der Waals surface area contributed by atoms with Crippen LogP contribution in [0.4, 0.5) is 0 Å². The third kappa shape index (κ3) is 6.51. The Morgan fingerprint density at radius 2 is 1.60 bits per heavy atom. The second-order valence-corrected chi connectivity index (χ2v) is 5.14. The molecule has 0 aliphatic carbocycles. The number of hydrogen-bond acceptors (Lipinski definition) is 6. The van der Waals surface area contributed by atoms with Crippen LogP contribution in [-0.2, 0) is 23.9 Å². The van der Waals surface area contributed by atoms with Gasteiger partial charge in [-0.05, 0) is 11.8 Å². The highest BCUT2D eigenvalue weighted by Gasteiger charge is 2.29. The zero-order valence-corrected chi connectivity index (χ0v) is 12.5. The van der Waals surface area contributed by atoms with Crippen LogP contribution in [0.15, 0.2) is 0 Å². The minimum absolute atomic E-state index is 0.233. The number of rotatable bonds is 7. The van der Waals surface area contributed by atoms with Crippen LogP contribution in [0.2, 0.25) is 0 Å². The molecule has 0 saturated carbocycles. The number of nitrogens with one attached hydrogen (secondary N) is 1. The zero-order valence-electron chi connectivity index (χ0n) is 12.5. The Balaban J connectivity index is 4.53. The van der Waals surface area contributed by atoms with E-state index in [1.165, 1.54) is 6.92 Å². The van der Waals surface area contributed by atoms with Gasteiger partial charge in [-0.25, -0.2) is 4.79 Å². The van der Waals surface area contributed by atoms with Crippen molar-refractivity contribution in [2.24, 2.45) is 11.8 Å². The van der Waals surface area contributed by atoms with Gasteiger partial charge in [0.25, 0.3) is 0 Å². The summed E-state index contributed by atoms with van der Waals surface area (Å²) in [5.74, 6) is -2.42. The molecule has 20 heavy (non-hydrogen) atoms. The van der Waals surface area contributed by atoms with Gasteiger partial charge in [0, 0.05) is 6.92 Å². The Morgan fingerprint density at radius 3 is 2.00 bits per heavy atom. The van der Waals surface area contributed by atoms with Gasteiger partial charge in [0.2, 0.25) is 12.7 Å². The Morgan fingerprint density at radius 1 is 1.05 bits per heavy atom. The van der Waals surface area contributed by atoms with Crippen molar-refractivity contribution in [3.63, 3.8) is 0 Å². The molecule has 116 valence electrons. The van der Waals surface area contributed by atoms with Crippen molar-refractivity contribution >= 4 is 17.8 Å². The first-order valence-electron chi connectivity index (χ1n) is 6.45. The molecular formula is C13H23NO6. The monoisotopic (exact) mass is 289 g/mol. The highest BCUT2D eigenvalue weighted by Crippen LogP contribution is 2.07. The molecule has 0 aliphatic rings. The maximum Gasteiger partial charge on any atom is 0.331 e. The van der Waals surface area contributed by atoms with Crippen LogP contribution in [-0.4, -0.2) is 41.9 Å². The first kappa shape index (κ1) is 18.4. The highest BCUT2D eigenvalue weighted by atomic mass is 16.7. The summed E-state index contributed by atoms with van der Waals surface area (Å²) in [6, 6.07) is -0.911. The van der Waals surface area contributed by atoms with Crippen molar-refractivity contribution in [3.8, 4) is 0 Å². The van der Waals surface area contributed by atoms with Crippen molar-refractivity contribution < 1.29 is 29.0 Å². The van der Waals surface area contributed by atoms with Gasteiger partial charge in [-0.15, -0.1) is 0 Å². The Hall–Kier alpha value is -1.63. The fraction of sp³-hybridized carbons (Fsp3) is 0.769. The van der Waals surface area contributed by atoms with E-state index in [0.29, 0.717) is 0 Å². The molecule has 7 nitrogen and oxygen atoms in total. The second-order valence-electron chi connectivity index (χ2n) is 5.14. The lowest BCUT2D eigenvalue weighted by atomic mass is 10.0. The van der Waals surface area contributed by atoms with Gasteiger partial charge in [-0.2, -0.15) is 0 Å². The van der Waals surface area contributed by atoms with Crippen LogP contribution in [0.25, 0.3) is 0 Å². The van der Waals surface area contributed by atoms with E-state index >= 15 is 0 Å². The van der Waals surface area contributed by atoms with Gasteiger partial charge in [-0.1, -0.05) is 27.7 Å². The minimum Gasteiger partial charge on any atom is -0.428 e. The number of aliphatic hydroxyl groups excluding tert-OH is 1. The quantitative estimate of drug-likeness (QED) is 0.513. The summed E-state index contributed by atoms with van der Waals surface area (Å²) in [6.45, 7) is 7.51. The lowest BCUT2D eigenvalue weighted by Gasteiger charge is -2.23. The summed E-state index contributed by atoms with van der Waals surface area (Å²) in [7, 11) is 0. The summed E-state index contributed by atoms with van der Waals surface area (Å²) >= 11 is 0. The molecule has 0 spiro atoms. The number of hydrogen-bond donors (Lipinski definition) is 2. The molecule has 0 aromatic carbocycles. The molecular weight excluding hydrogens is 266 g/mol. The largest absolute Gasteiger partial charge is 0.428 e. The van der Waals surface area contributed by atoms with Crippen molar-refractivity contribution in [2.45, 2.75) is 46.8 Å². The van der Waals surface area contributed by atoms with E-state index in [1.54, 1.807) is 27.7 Å². The molecule has 2 unspecified atom stereocenters. The van der Waals surface area contributed by atoms with Crippen LogP contribution in [0.1, 0.15) is 34.6 Å². The highest BCUT2D eigenvalue weighted by molar-refractivity contribution is 5.87. The topological polar surface area (TPSA) is 102 Å². The van der Waals surface area contributed by atoms with Gasteiger partial charge in [0.1, 0.15) is 12.1 Å². The van der Waals surface area contributed by atoms with Crippen LogP contribution in [0.3, 0.4) is 0 Å². The second kappa shape index (κ2) is 8.52. The Labute approximate surface area is 118 Å². The van der Waals surface area contributed by atoms with Gasteiger partial charge in [-0.3, -0.25) is 9.59 Å². The molecule has 0 heterocycles. The van der Waals surface area contributed by atoms with E-state index in [2.05, 4.69) is 10.1 Å². The number of aliphatic hydroxyl groups is 1. The first-order valence-corrected chi connectivity index (χ1v) is 6.45. The van der Waals surface area contributed by atoms with Gasteiger partial charge in [0.05, 0.1) is 0 Å². The predicted octanol–water partition coefficient (Wildman–Crippen LogP) is 0.208. The maximum absolute atomic E-state index is 11.8. The third-order valence-corrected chi connectivity index (χ3v) is 2.58. The molecule has 0 fully saturated rings. The van der Waals surface area contributed by atoms with Crippen LogP contribution >= 0.6 is 0 Å². The summed E-state index contributed by atoms with van der Waals surface area (Å²) < 4.78 is 9.23. The summed E-state index contributed by atoms with van der Waals surface area (Å²) in [5.41, 5.74) is 0. The number of ether oxygens (including phenoxy) is 2. The van der Waals surface area contributed by atoms with Gasteiger partial charge < -0.3 is 19.9 Å². The smallest absolute Gasteiger partial charge is 0.331 e. The average molecular weight is 289 g/mol. The number of carbonyl (C=O) groups is 3. The number of esters is 2. The van der Waals surface area contributed by atoms with Crippen LogP contribution < -0.4 is 5.32 Å². The molecule has 0 radical (unpaired) electrons. The molecule has 1 amide bonds. The zero-order chi connectivity index (χ0) is 15.9. The first-order chi connectivity index (χ1) is 9.16. The minimum atomic E-state index is -1.20. The van der Waals surface area contributed by atoms with E-state index < -0.39 is 36.8 Å². The normalized spacial score (nSPS) is 13.8. The van der Waals surface area contributed by atoms with Crippen molar-refractivity contribution in [3.05, 3.63) is 0 Å². The fourth-order valence-corrected chi connectivity index (χ4v) is 1.30. The van der Waals surface area contributed by atoms with Crippen molar-refractivity contribution in [2.75, 3.05) is 6.79 Å². The molecule has 7 heteroatoms. The molecule has 0 aliphatic heterocycles. The number of carbonyl (C=O) groups excluding carboxylic acids is 3. The van der Waals surface area contributed by atoms with E-state index in [4.69, 9.17) is 4.74 Å². The summed E-state index contributed by atoms with van der Waals surface area (Å²) in [4.78, 5) is 34.1. The van der Waals surface area contributed by atoms with Crippen molar-refractivity contribution in [1.82, 2.24) is 5.32 Å². The van der Waals surface area contributed by atoms with E-state index in [1.807, 2.05) is 0 Å². The molecule has 0 saturated heterocycles. The fourth-order valence-electron chi connectivity index (χ4n) is 1.30. The summed E-state index contributed by atoms with van der Waals surface area (Å²) in [6.07, 6.45) is -1.20. The molecule has 0 bridgehead atoms.